The Hall–Kier alpha value is -1.74. The molecule has 0 amide bonds. The summed E-state index contributed by atoms with van der Waals surface area (Å²) in [6.45, 7) is 1.41. The molecule has 2 nitrogen and oxygen atoms in total. The molecule has 4 heteroatoms. The minimum absolute atomic E-state index is 0.215. The van der Waals surface area contributed by atoms with E-state index in [1.165, 1.54) is 11.6 Å². The summed E-state index contributed by atoms with van der Waals surface area (Å²) in [5.41, 5.74) is 9.53. The van der Waals surface area contributed by atoms with Crippen molar-refractivity contribution in [3.05, 3.63) is 58.4 Å². The van der Waals surface area contributed by atoms with Crippen LogP contribution >= 0.6 is 11.6 Å². The molecule has 0 saturated carbocycles. The van der Waals surface area contributed by atoms with Crippen LogP contribution in [0.2, 0.25) is 5.02 Å². The molecule has 0 atom stereocenters. The summed E-state index contributed by atoms with van der Waals surface area (Å²) in [5, 5.41) is 0.563. The summed E-state index contributed by atoms with van der Waals surface area (Å²) < 4.78 is 13.8. The molecule has 3 rings (SSSR count). The van der Waals surface area contributed by atoms with Crippen molar-refractivity contribution in [2.24, 2.45) is 0 Å². The Morgan fingerprint density at radius 1 is 1.21 bits per heavy atom. The Morgan fingerprint density at radius 2 is 2.05 bits per heavy atom. The van der Waals surface area contributed by atoms with E-state index in [2.05, 4.69) is 4.90 Å². The molecular weight excluding hydrogens is 263 g/mol. The highest BCUT2D eigenvalue weighted by Crippen LogP contribution is 2.31. The largest absolute Gasteiger partial charge is 0.399 e. The summed E-state index contributed by atoms with van der Waals surface area (Å²) in [5.74, 6) is -0.215. The first-order valence-electron chi connectivity index (χ1n) is 6.21. The Kier molecular flexibility index (Phi) is 3.07. The van der Waals surface area contributed by atoms with Crippen molar-refractivity contribution < 1.29 is 4.39 Å². The highest BCUT2D eigenvalue weighted by molar-refractivity contribution is 6.30. The molecule has 2 aromatic rings. The number of benzene rings is 2. The molecule has 2 aromatic carbocycles. The molecule has 0 unspecified atom stereocenters. The van der Waals surface area contributed by atoms with Crippen LogP contribution in [0.4, 0.5) is 15.8 Å². The molecule has 0 bridgehead atoms. The standard InChI is InChI=1S/C15H14ClFN2/c16-12-1-3-14(17)11(7-12)9-19-6-5-10-8-13(18)2-4-15(10)19/h1-4,7-8H,5-6,9,18H2. The van der Waals surface area contributed by atoms with E-state index in [-0.39, 0.29) is 5.82 Å². The quantitative estimate of drug-likeness (QED) is 0.849. The summed E-state index contributed by atoms with van der Waals surface area (Å²) in [7, 11) is 0. The lowest BCUT2D eigenvalue weighted by molar-refractivity contribution is 0.606. The van der Waals surface area contributed by atoms with E-state index in [4.69, 9.17) is 17.3 Å². The van der Waals surface area contributed by atoms with Gasteiger partial charge in [-0.25, -0.2) is 4.39 Å². The zero-order valence-electron chi connectivity index (χ0n) is 10.4. The van der Waals surface area contributed by atoms with E-state index in [0.29, 0.717) is 17.1 Å². The van der Waals surface area contributed by atoms with Gasteiger partial charge in [-0.2, -0.15) is 0 Å². The third-order valence-corrected chi connectivity index (χ3v) is 3.70. The number of hydrogen-bond acceptors (Lipinski definition) is 2. The smallest absolute Gasteiger partial charge is 0.128 e. The van der Waals surface area contributed by atoms with Gasteiger partial charge in [-0.3, -0.25) is 0 Å². The van der Waals surface area contributed by atoms with Crippen LogP contribution in [0, 0.1) is 5.82 Å². The molecule has 0 saturated heterocycles. The van der Waals surface area contributed by atoms with Crippen molar-refractivity contribution in [1.82, 2.24) is 0 Å². The fourth-order valence-electron chi connectivity index (χ4n) is 2.52. The topological polar surface area (TPSA) is 29.3 Å². The second-order valence-electron chi connectivity index (χ2n) is 4.80. The van der Waals surface area contributed by atoms with Gasteiger partial charge in [0.05, 0.1) is 0 Å². The molecule has 0 aliphatic carbocycles. The van der Waals surface area contributed by atoms with Gasteiger partial charge >= 0.3 is 0 Å². The molecule has 0 radical (unpaired) electrons. The molecule has 0 aromatic heterocycles. The fourth-order valence-corrected chi connectivity index (χ4v) is 2.72. The van der Waals surface area contributed by atoms with E-state index >= 15 is 0 Å². The minimum atomic E-state index is -0.215. The SMILES string of the molecule is Nc1ccc2c(c1)CCN2Cc1cc(Cl)ccc1F. The van der Waals surface area contributed by atoms with Crippen LogP contribution in [0.15, 0.2) is 36.4 Å². The predicted molar refractivity (Wildman–Crippen MR) is 77.0 cm³/mol. The van der Waals surface area contributed by atoms with Crippen LogP contribution in [-0.2, 0) is 13.0 Å². The van der Waals surface area contributed by atoms with Gasteiger partial charge in [0.15, 0.2) is 0 Å². The highest BCUT2D eigenvalue weighted by atomic mass is 35.5. The van der Waals surface area contributed by atoms with E-state index in [1.54, 1.807) is 12.1 Å². The zero-order chi connectivity index (χ0) is 13.4. The Bertz CT molecular complexity index is 628. The molecule has 1 aliphatic rings. The van der Waals surface area contributed by atoms with Gasteiger partial charge < -0.3 is 10.6 Å². The van der Waals surface area contributed by atoms with Gasteiger partial charge in [0, 0.05) is 35.1 Å². The normalized spacial score (nSPS) is 13.7. The molecule has 98 valence electrons. The average molecular weight is 277 g/mol. The summed E-state index contributed by atoms with van der Waals surface area (Å²) >= 11 is 5.92. The van der Waals surface area contributed by atoms with Gasteiger partial charge in [-0.1, -0.05) is 11.6 Å². The lowest BCUT2D eigenvalue weighted by Gasteiger charge is -2.20. The highest BCUT2D eigenvalue weighted by Gasteiger charge is 2.20. The van der Waals surface area contributed by atoms with Crippen molar-refractivity contribution in [3.8, 4) is 0 Å². The molecule has 19 heavy (non-hydrogen) atoms. The number of anilines is 2. The molecule has 0 spiro atoms. The first-order valence-corrected chi connectivity index (χ1v) is 6.58. The molecule has 1 heterocycles. The first-order chi connectivity index (χ1) is 9.13. The Morgan fingerprint density at radius 3 is 2.89 bits per heavy atom. The van der Waals surface area contributed by atoms with Crippen LogP contribution < -0.4 is 10.6 Å². The maximum atomic E-state index is 13.8. The fraction of sp³-hybridized carbons (Fsp3) is 0.200. The van der Waals surface area contributed by atoms with Crippen LogP contribution in [0.1, 0.15) is 11.1 Å². The summed E-state index contributed by atoms with van der Waals surface area (Å²) in [4.78, 5) is 2.16. The van der Waals surface area contributed by atoms with Crippen molar-refractivity contribution in [3.63, 3.8) is 0 Å². The average Bonchev–Trinajstić information content (AvgIpc) is 2.76. The molecule has 2 N–H and O–H groups in total. The minimum Gasteiger partial charge on any atom is -0.399 e. The number of fused-ring (bicyclic) bond motifs is 1. The van der Waals surface area contributed by atoms with E-state index in [0.717, 1.165) is 24.3 Å². The molecule has 0 fully saturated rings. The van der Waals surface area contributed by atoms with Gasteiger partial charge in [-0.15, -0.1) is 0 Å². The number of nitrogen functional groups attached to an aromatic ring is 1. The van der Waals surface area contributed by atoms with Gasteiger partial charge in [0.2, 0.25) is 0 Å². The van der Waals surface area contributed by atoms with Crippen LogP contribution in [0.25, 0.3) is 0 Å². The van der Waals surface area contributed by atoms with Crippen molar-refractivity contribution in [1.29, 1.82) is 0 Å². The summed E-state index contributed by atoms with van der Waals surface area (Å²) in [6, 6.07) is 10.5. The lowest BCUT2D eigenvalue weighted by Crippen LogP contribution is -2.20. The number of halogens is 2. The predicted octanol–water partition coefficient (Wildman–Crippen LogP) is 3.62. The van der Waals surface area contributed by atoms with E-state index in [9.17, 15) is 4.39 Å². The monoisotopic (exact) mass is 276 g/mol. The van der Waals surface area contributed by atoms with Crippen LogP contribution in [0.3, 0.4) is 0 Å². The van der Waals surface area contributed by atoms with Crippen molar-refractivity contribution in [2.45, 2.75) is 13.0 Å². The Balaban J connectivity index is 1.88. The molecular formula is C15H14ClFN2. The van der Waals surface area contributed by atoms with Gasteiger partial charge in [0.1, 0.15) is 5.82 Å². The second kappa shape index (κ2) is 4.74. The van der Waals surface area contributed by atoms with E-state index in [1.807, 2.05) is 18.2 Å². The number of nitrogens with two attached hydrogens (primary N) is 1. The first kappa shape index (κ1) is 12.3. The maximum absolute atomic E-state index is 13.8. The zero-order valence-corrected chi connectivity index (χ0v) is 11.1. The molecule has 1 aliphatic heterocycles. The maximum Gasteiger partial charge on any atom is 0.128 e. The van der Waals surface area contributed by atoms with E-state index < -0.39 is 0 Å². The van der Waals surface area contributed by atoms with Crippen LogP contribution in [-0.4, -0.2) is 6.54 Å². The lowest BCUT2D eigenvalue weighted by atomic mass is 10.1. The van der Waals surface area contributed by atoms with Crippen LogP contribution in [0.5, 0.6) is 0 Å². The second-order valence-corrected chi connectivity index (χ2v) is 5.23. The van der Waals surface area contributed by atoms with Crippen molar-refractivity contribution >= 4 is 23.0 Å². The third kappa shape index (κ3) is 2.38. The number of nitrogens with zero attached hydrogens (tertiary/aromatic N) is 1. The third-order valence-electron chi connectivity index (χ3n) is 3.46. The number of hydrogen-bond donors (Lipinski definition) is 1. The van der Waals surface area contributed by atoms with Crippen molar-refractivity contribution in [2.75, 3.05) is 17.2 Å². The summed E-state index contributed by atoms with van der Waals surface area (Å²) in [6.07, 6.45) is 0.947. The Labute approximate surface area is 116 Å². The van der Waals surface area contributed by atoms with Gasteiger partial charge in [0.25, 0.3) is 0 Å². The number of rotatable bonds is 2. The van der Waals surface area contributed by atoms with Gasteiger partial charge in [-0.05, 0) is 48.4 Å².